The average molecular weight is 235 g/mol. The van der Waals surface area contributed by atoms with E-state index in [2.05, 4.69) is 20.3 Å². The van der Waals surface area contributed by atoms with Gasteiger partial charge < -0.3 is 10.3 Å². The Bertz CT molecular complexity index is 371. The lowest BCUT2D eigenvalue weighted by molar-refractivity contribution is 0.389. The second-order valence-corrected chi connectivity index (χ2v) is 4.96. The molecule has 17 heavy (non-hydrogen) atoms. The summed E-state index contributed by atoms with van der Waals surface area (Å²) >= 11 is 0. The molecule has 0 bridgehead atoms. The Morgan fingerprint density at radius 2 is 2.06 bits per heavy atom. The van der Waals surface area contributed by atoms with Crippen LogP contribution in [0, 0.1) is 0 Å². The van der Waals surface area contributed by atoms with Crippen LogP contribution in [0.4, 0.5) is 5.82 Å². The van der Waals surface area contributed by atoms with Crippen molar-refractivity contribution in [3.63, 3.8) is 0 Å². The topological polar surface area (TPSA) is 67.1 Å². The van der Waals surface area contributed by atoms with Crippen LogP contribution in [-0.2, 0) is 6.54 Å². The minimum Gasteiger partial charge on any atom is -0.308 e. The number of nitrogens with zero attached hydrogens (tertiary/aromatic N) is 3. The number of hydrogen-bond donors (Lipinski definition) is 2. The molecule has 94 valence electrons. The first-order valence-electron chi connectivity index (χ1n) is 6.18. The van der Waals surface area contributed by atoms with Crippen LogP contribution in [0.2, 0.25) is 0 Å². The van der Waals surface area contributed by atoms with Crippen molar-refractivity contribution in [3.8, 4) is 0 Å². The van der Waals surface area contributed by atoms with Gasteiger partial charge in [-0.1, -0.05) is 12.8 Å². The van der Waals surface area contributed by atoms with Crippen LogP contribution >= 0.6 is 0 Å². The van der Waals surface area contributed by atoms with E-state index < -0.39 is 0 Å². The molecule has 1 saturated carbocycles. The van der Waals surface area contributed by atoms with Gasteiger partial charge in [0.15, 0.2) is 0 Å². The fourth-order valence-electron chi connectivity index (χ4n) is 2.38. The van der Waals surface area contributed by atoms with E-state index >= 15 is 0 Å². The molecular weight excluding hydrogens is 214 g/mol. The summed E-state index contributed by atoms with van der Waals surface area (Å²) in [6.07, 6.45) is 5.09. The third kappa shape index (κ3) is 3.14. The largest absolute Gasteiger partial charge is 0.308 e. The minimum atomic E-state index is 0.589. The van der Waals surface area contributed by atoms with Crippen LogP contribution < -0.4 is 11.3 Å². The highest BCUT2D eigenvalue weighted by Gasteiger charge is 2.19. The third-order valence-corrected chi connectivity index (χ3v) is 3.17. The van der Waals surface area contributed by atoms with Gasteiger partial charge in [0.1, 0.15) is 11.6 Å². The molecule has 0 aromatic carbocycles. The van der Waals surface area contributed by atoms with Gasteiger partial charge in [0.25, 0.3) is 0 Å². The first-order chi connectivity index (χ1) is 8.19. The monoisotopic (exact) mass is 235 g/mol. The van der Waals surface area contributed by atoms with E-state index in [-0.39, 0.29) is 0 Å². The van der Waals surface area contributed by atoms with E-state index in [4.69, 9.17) is 5.84 Å². The first-order valence-corrected chi connectivity index (χ1v) is 6.18. The van der Waals surface area contributed by atoms with Gasteiger partial charge in [0, 0.05) is 17.7 Å². The molecule has 0 radical (unpaired) electrons. The van der Waals surface area contributed by atoms with Crippen LogP contribution in [0.3, 0.4) is 0 Å². The lowest BCUT2D eigenvalue weighted by Gasteiger charge is -2.14. The van der Waals surface area contributed by atoms with Gasteiger partial charge in [0.2, 0.25) is 0 Å². The van der Waals surface area contributed by atoms with Gasteiger partial charge in [0.05, 0.1) is 6.54 Å². The van der Waals surface area contributed by atoms with Crippen molar-refractivity contribution in [3.05, 3.63) is 17.6 Å². The van der Waals surface area contributed by atoms with E-state index in [0.29, 0.717) is 5.92 Å². The molecule has 0 saturated heterocycles. The number of hydrogen-bond acceptors (Lipinski definition) is 5. The highest BCUT2D eigenvalue weighted by Crippen LogP contribution is 2.33. The Balaban J connectivity index is 2.24. The molecule has 0 atom stereocenters. The molecule has 1 aromatic heterocycles. The van der Waals surface area contributed by atoms with Gasteiger partial charge in [-0.2, -0.15) is 0 Å². The third-order valence-electron chi connectivity index (χ3n) is 3.17. The summed E-state index contributed by atoms with van der Waals surface area (Å²) in [7, 11) is 4.03. The molecule has 3 N–H and O–H groups in total. The quantitative estimate of drug-likeness (QED) is 0.611. The summed E-state index contributed by atoms with van der Waals surface area (Å²) in [4.78, 5) is 11.1. The normalized spacial score (nSPS) is 16.7. The predicted octanol–water partition coefficient (Wildman–Crippen LogP) is 1.48. The summed E-state index contributed by atoms with van der Waals surface area (Å²) in [5.41, 5.74) is 3.78. The van der Waals surface area contributed by atoms with Crippen molar-refractivity contribution < 1.29 is 0 Å². The van der Waals surface area contributed by atoms with E-state index in [9.17, 15) is 0 Å². The average Bonchev–Trinajstić information content (AvgIpc) is 2.81. The van der Waals surface area contributed by atoms with Gasteiger partial charge in [-0.15, -0.1) is 0 Å². The maximum absolute atomic E-state index is 5.46. The number of aromatic nitrogens is 2. The lowest BCUT2D eigenvalue weighted by atomic mass is 10.0. The zero-order valence-corrected chi connectivity index (χ0v) is 10.6. The van der Waals surface area contributed by atoms with E-state index in [1.54, 1.807) is 0 Å². The zero-order valence-electron chi connectivity index (χ0n) is 10.6. The number of nitrogen functional groups attached to an aromatic ring is 1. The smallest absolute Gasteiger partial charge is 0.145 e. The molecule has 0 unspecified atom stereocenters. The Kier molecular flexibility index (Phi) is 3.91. The van der Waals surface area contributed by atoms with E-state index in [1.165, 1.54) is 25.7 Å². The van der Waals surface area contributed by atoms with Crippen molar-refractivity contribution in [2.45, 2.75) is 38.1 Å². The second kappa shape index (κ2) is 5.42. The van der Waals surface area contributed by atoms with Crippen LogP contribution in [0.25, 0.3) is 0 Å². The molecule has 1 aliphatic carbocycles. The Morgan fingerprint density at radius 1 is 1.35 bits per heavy atom. The van der Waals surface area contributed by atoms with Gasteiger partial charge in [-0.25, -0.2) is 15.8 Å². The van der Waals surface area contributed by atoms with Crippen molar-refractivity contribution in [1.82, 2.24) is 14.9 Å². The van der Waals surface area contributed by atoms with Crippen molar-refractivity contribution >= 4 is 5.82 Å². The molecule has 2 rings (SSSR count). The standard InChI is InChI=1S/C12H21N5/c1-17(2)8-12-14-10(7-11(15-12)16-13)9-5-3-4-6-9/h7,9H,3-6,8,13H2,1-2H3,(H,14,15,16). The van der Waals surface area contributed by atoms with Crippen LogP contribution in [0.15, 0.2) is 6.07 Å². The molecule has 1 heterocycles. The number of anilines is 1. The fraction of sp³-hybridized carbons (Fsp3) is 0.667. The van der Waals surface area contributed by atoms with E-state index in [0.717, 1.165) is 23.9 Å². The highest BCUT2D eigenvalue weighted by molar-refractivity contribution is 5.35. The molecule has 5 nitrogen and oxygen atoms in total. The van der Waals surface area contributed by atoms with Gasteiger partial charge in [-0.3, -0.25) is 0 Å². The summed E-state index contributed by atoms with van der Waals surface area (Å²) < 4.78 is 0. The zero-order chi connectivity index (χ0) is 12.3. The van der Waals surface area contributed by atoms with Crippen molar-refractivity contribution in [1.29, 1.82) is 0 Å². The maximum atomic E-state index is 5.46. The Hall–Kier alpha value is -1.20. The van der Waals surface area contributed by atoms with Crippen molar-refractivity contribution in [2.24, 2.45) is 5.84 Å². The number of nitrogens with one attached hydrogen (secondary N) is 1. The summed E-state index contributed by atoms with van der Waals surface area (Å²) in [6, 6.07) is 1.98. The lowest BCUT2D eigenvalue weighted by Crippen LogP contribution is -2.17. The second-order valence-electron chi connectivity index (χ2n) is 4.96. The molecule has 0 amide bonds. The molecular formula is C12H21N5. The number of nitrogens with two attached hydrogens (primary N) is 1. The molecule has 0 aliphatic heterocycles. The molecule has 1 aromatic rings. The summed E-state index contributed by atoms with van der Waals surface area (Å²) in [5.74, 6) is 7.61. The van der Waals surface area contributed by atoms with Crippen LogP contribution in [0.5, 0.6) is 0 Å². The van der Waals surface area contributed by atoms with Crippen LogP contribution in [-0.4, -0.2) is 29.0 Å². The van der Waals surface area contributed by atoms with Gasteiger partial charge >= 0.3 is 0 Å². The molecule has 0 spiro atoms. The Labute approximate surface area is 102 Å². The number of rotatable bonds is 4. The summed E-state index contributed by atoms with van der Waals surface area (Å²) in [5, 5.41) is 0. The molecule has 5 heteroatoms. The minimum absolute atomic E-state index is 0.589. The Morgan fingerprint density at radius 3 is 2.65 bits per heavy atom. The molecule has 1 fully saturated rings. The SMILES string of the molecule is CN(C)Cc1nc(NN)cc(C2CCCC2)n1. The van der Waals surface area contributed by atoms with Crippen LogP contribution in [0.1, 0.15) is 43.1 Å². The molecule has 1 aliphatic rings. The van der Waals surface area contributed by atoms with E-state index in [1.807, 2.05) is 20.2 Å². The first kappa shape index (κ1) is 12.3. The predicted molar refractivity (Wildman–Crippen MR) is 68.4 cm³/mol. The fourth-order valence-corrected chi connectivity index (χ4v) is 2.38. The van der Waals surface area contributed by atoms with Gasteiger partial charge in [-0.05, 0) is 26.9 Å². The maximum Gasteiger partial charge on any atom is 0.145 e. The highest BCUT2D eigenvalue weighted by atomic mass is 15.3. The summed E-state index contributed by atoms with van der Waals surface area (Å²) in [6.45, 7) is 0.745. The number of hydrazine groups is 1. The van der Waals surface area contributed by atoms with Crippen molar-refractivity contribution in [2.75, 3.05) is 19.5 Å².